The molecule has 0 atom stereocenters. The summed E-state index contributed by atoms with van der Waals surface area (Å²) < 4.78 is 1.45. The van der Waals surface area contributed by atoms with E-state index in [0.29, 0.717) is 6.29 Å². The van der Waals surface area contributed by atoms with Crippen molar-refractivity contribution in [2.24, 2.45) is 0 Å². The first-order valence-corrected chi connectivity index (χ1v) is 12.2. The molecule has 0 aliphatic rings. The summed E-state index contributed by atoms with van der Waals surface area (Å²) in [5.41, 5.74) is -0.376. The minimum absolute atomic E-state index is 0.00116. The number of benzene rings is 3. The van der Waals surface area contributed by atoms with Gasteiger partial charge < -0.3 is 0 Å². The van der Waals surface area contributed by atoms with E-state index in [9.17, 15) is 4.79 Å². The Balaban J connectivity index is 2.03. The van der Waals surface area contributed by atoms with Crippen LogP contribution in [0.25, 0.3) is 0 Å². The predicted molar refractivity (Wildman–Crippen MR) is 125 cm³/mol. The fourth-order valence-corrected chi connectivity index (χ4v) is 8.50. The monoisotopic (exact) mass is 440 g/mol. The van der Waals surface area contributed by atoms with E-state index >= 15 is 0 Å². The van der Waals surface area contributed by atoms with Crippen LogP contribution in [0.2, 0.25) is 10.0 Å². The van der Waals surface area contributed by atoms with E-state index in [2.05, 4.69) is 41.5 Å². The maximum atomic E-state index is 12.9. The molecule has 4 aromatic rings. The Hall–Kier alpha value is -2.45. The van der Waals surface area contributed by atoms with Gasteiger partial charge in [0.05, 0.1) is 0 Å². The molecule has 0 saturated heterocycles. The second-order valence-electron chi connectivity index (χ2n) is 6.77. The topological polar surface area (TPSA) is 34.9 Å². The summed E-state index contributed by atoms with van der Waals surface area (Å²) in [7, 11) is -2.64. The molecule has 0 radical (unpaired) electrons. The Morgan fingerprint density at radius 1 is 0.724 bits per heavy atom. The molecule has 4 rings (SSSR count). The predicted octanol–water partition coefficient (Wildman–Crippen LogP) is 4.23. The summed E-state index contributed by atoms with van der Waals surface area (Å²) in [5.74, 6) is 0. The van der Waals surface area contributed by atoms with Crippen molar-refractivity contribution in [1.82, 2.24) is 9.78 Å². The molecule has 1 heterocycles. The number of hydrogen-bond acceptors (Lipinski definition) is 2. The van der Waals surface area contributed by atoms with Crippen molar-refractivity contribution in [3.63, 3.8) is 0 Å². The van der Waals surface area contributed by atoms with E-state index in [4.69, 9.17) is 23.2 Å². The van der Waals surface area contributed by atoms with Gasteiger partial charge in [0.25, 0.3) is 0 Å². The summed E-state index contributed by atoms with van der Waals surface area (Å²) in [5, 5.41) is 8.06. The van der Waals surface area contributed by atoms with Crippen LogP contribution in [0.15, 0.2) is 102 Å². The van der Waals surface area contributed by atoms with Gasteiger partial charge in [-0.05, 0) is 0 Å². The number of halogens is 2. The van der Waals surface area contributed by atoms with Crippen molar-refractivity contribution in [3.05, 3.63) is 118 Å². The van der Waals surface area contributed by atoms with E-state index in [0.717, 1.165) is 0 Å². The quantitative estimate of drug-likeness (QED) is 0.435. The molecule has 0 amide bonds. The number of rotatable bonds is 5. The summed E-state index contributed by atoms with van der Waals surface area (Å²) in [6.45, 7) is 0. The van der Waals surface area contributed by atoms with Crippen LogP contribution in [0.1, 0.15) is 0 Å². The van der Waals surface area contributed by atoms with Crippen LogP contribution in [0.5, 0.6) is 0 Å². The molecule has 0 aliphatic heterocycles. The zero-order chi connectivity index (χ0) is 20.3. The average molecular weight is 441 g/mol. The summed E-state index contributed by atoms with van der Waals surface area (Å²) in [6, 6.07) is 31.0. The third kappa shape index (κ3) is 3.74. The van der Waals surface area contributed by atoms with Gasteiger partial charge in [-0.25, -0.2) is 0 Å². The molecule has 29 heavy (non-hydrogen) atoms. The molecule has 3 aromatic carbocycles. The fraction of sp³-hybridized carbons (Fsp3) is 0.0435. The molecule has 146 valence electrons. The van der Waals surface area contributed by atoms with Gasteiger partial charge in [0.2, 0.25) is 0 Å². The Labute approximate surface area is 179 Å². The van der Waals surface area contributed by atoms with Crippen molar-refractivity contribution in [1.29, 1.82) is 0 Å². The van der Waals surface area contributed by atoms with Crippen LogP contribution < -0.4 is 21.5 Å². The van der Waals surface area contributed by atoms with Crippen molar-refractivity contribution in [3.8, 4) is 0 Å². The van der Waals surface area contributed by atoms with E-state index < -0.39 is 7.26 Å². The third-order valence-corrected chi connectivity index (χ3v) is 10.6. The van der Waals surface area contributed by atoms with Gasteiger partial charge in [0, 0.05) is 0 Å². The zero-order valence-electron chi connectivity index (χ0n) is 15.5. The molecule has 0 spiro atoms. The normalized spacial score (nSPS) is 11.9. The van der Waals surface area contributed by atoms with E-state index in [-0.39, 0.29) is 15.6 Å². The number of nitrogens with zero attached hydrogens (tertiary/aromatic N) is 2. The molecule has 0 fully saturated rings. The van der Waals surface area contributed by atoms with Gasteiger partial charge in [0.1, 0.15) is 0 Å². The van der Waals surface area contributed by atoms with Gasteiger partial charge in [0.15, 0.2) is 0 Å². The SMILES string of the molecule is O=c1c(Cl)c(Cl)cnn1C[PH](c1ccccc1)(c1ccccc1)c1ccccc1. The van der Waals surface area contributed by atoms with E-state index in [1.54, 1.807) is 0 Å². The Bertz CT molecular complexity index is 1070. The molecule has 6 heteroatoms. The van der Waals surface area contributed by atoms with Crippen LogP contribution >= 0.6 is 30.5 Å². The maximum absolute atomic E-state index is 12.9. The molecular formula is C23H19Cl2N2OP. The van der Waals surface area contributed by atoms with Crippen molar-refractivity contribution >= 4 is 46.4 Å². The molecule has 1 aromatic heterocycles. The van der Waals surface area contributed by atoms with Crippen LogP contribution in [0.3, 0.4) is 0 Å². The summed E-state index contributed by atoms with van der Waals surface area (Å²) in [4.78, 5) is 12.9. The van der Waals surface area contributed by atoms with E-state index in [1.807, 2.05) is 54.6 Å². The zero-order valence-corrected chi connectivity index (χ0v) is 18.0. The van der Waals surface area contributed by atoms with Crippen LogP contribution in [-0.2, 0) is 6.29 Å². The first kappa shape index (κ1) is 19.8. The minimum atomic E-state index is -2.64. The van der Waals surface area contributed by atoms with Crippen molar-refractivity contribution in [2.45, 2.75) is 6.29 Å². The number of aromatic nitrogens is 2. The average Bonchev–Trinajstić information content (AvgIpc) is 2.79. The van der Waals surface area contributed by atoms with Crippen molar-refractivity contribution < 1.29 is 0 Å². The Morgan fingerprint density at radius 3 is 1.55 bits per heavy atom. The van der Waals surface area contributed by atoms with Gasteiger partial charge in [-0.3, -0.25) is 0 Å². The molecule has 3 nitrogen and oxygen atoms in total. The molecule has 0 unspecified atom stereocenters. The molecular weight excluding hydrogens is 422 g/mol. The molecule has 0 saturated carbocycles. The first-order chi connectivity index (χ1) is 14.1. The van der Waals surface area contributed by atoms with E-state index in [1.165, 1.54) is 26.8 Å². The summed E-state index contributed by atoms with van der Waals surface area (Å²) in [6.07, 6.45) is 1.85. The van der Waals surface area contributed by atoms with Gasteiger partial charge in [-0.2, -0.15) is 0 Å². The van der Waals surface area contributed by atoms with Gasteiger partial charge >= 0.3 is 180 Å². The van der Waals surface area contributed by atoms with Gasteiger partial charge in [-0.15, -0.1) is 0 Å². The standard InChI is InChI=1S/C23H19Cl2N2OP/c24-21-16-26-27(23(28)22(21)25)17-29(18-10-4-1-5-11-18,19-12-6-2-7-13-19)20-14-8-3-9-15-20/h1-16,29H,17H2. The number of hydrogen-bond donors (Lipinski definition) is 0. The van der Waals surface area contributed by atoms with Crippen LogP contribution in [0.4, 0.5) is 0 Å². The second-order valence-corrected chi connectivity index (χ2v) is 11.4. The van der Waals surface area contributed by atoms with Crippen molar-refractivity contribution in [2.75, 3.05) is 0 Å². The van der Waals surface area contributed by atoms with Crippen LogP contribution in [-0.4, -0.2) is 9.78 Å². The van der Waals surface area contributed by atoms with Crippen LogP contribution in [0, 0.1) is 0 Å². The molecule has 0 N–H and O–H groups in total. The fourth-order valence-electron chi connectivity index (χ4n) is 3.72. The molecule has 0 bridgehead atoms. The third-order valence-electron chi connectivity index (χ3n) is 5.13. The summed E-state index contributed by atoms with van der Waals surface area (Å²) >= 11 is 12.2. The first-order valence-electron chi connectivity index (χ1n) is 9.20. The second kappa shape index (κ2) is 8.51. The van der Waals surface area contributed by atoms with Gasteiger partial charge in [-0.1, -0.05) is 0 Å². The molecule has 0 aliphatic carbocycles. The Morgan fingerprint density at radius 2 is 1.14 bits per heavy atom. The Kier molecular flexibility index (Phi) is 5.82.